The number of piperazine rings is 1. The number of imidazole rings is 1. The maximum Gasteiger partial charge on any atom is 0.254 e. The number of carbonyl (C=O) groups is 2. The van der Waals surface area contributed by atoms with Crippen LogP contribution in [0.15, 0.2) is 84.9 Å². The third-order valence-corrected chi connectivity index (χ3v) is 7.95. The SMILES string of the molecule is Cc1ccc(Oc2cccc(-c3nc4cc(C(=O)N5CCN(c6ccc(F)cc6)CC5)ccc4n3CC(N)=O)c2)cc1Cl. The number of hydrogen-bond donors (Lipinski definition) is 1. The van der Waals surface area contributed by atoms with Crippen LogP contribution in [0.2, 0.25) is 5.02 Å². The van der Waals surface area contributed by atoms with Gasteiger partial charge in [-0.1, -0.05) is 29.8 Å². The molecule has 0 atom stereocenters. The molecule has 4 aromatic carbocycles. The molecular formula is C33H29ClFN5O3. The number of ether oxygens (including phenoxy) is 1. The van der Waals surface area contributed by atoms with Crippen LogP contribution in [0.4, 0.5) is 10.1 Å². The van der Waals surface area contributed by atoms with Gasteiger partial charge >= 0.3 is 0 Å². The van der Waals surface area contributed by atoms with Crippen LogP contribution in [0.5, 0.6) is 11.5 Å². The lowest BCUT2D eigenvalue weighted by Crippen LogP contribution is -2.48. The van der Waals surface area contributed by atoms with E-state index in [1.165, 1.54) is 12.1 Å². The Labute approximate surface area is 253 Å². The third-order valence-electron chi connectivity index (χ3n) is 7.54. The number of fused-ring (bicyclic) bond motifs is 1. The molecule has 1 aromatic heterocycles. The Morgan fingerprint density at radius 1 is 0.930 bits per heavy atom. The van der Waals surface area contributed by atoms with E-state index in [9.17, 15) is 14.0 Å². The highest BCUT2D eigenvalue weighted by molar-refractivity contribution is 6.31. The van der Waals surface area contributed by atoms with E-state index in [-0.39, 0.29) is 18.3 Å². The fourth-order valence-corrected chi connectivity index (χ4v) is 5.44. The number of primary amides is 1. The van der Waals surface area contributed by atoms with E-state index in [0.29, 0.717) is 65.1 Å². The smallest absolute Gasteiger partial charge is 0.254 e. The van der Waals surface area contributed by atoms with Crippen molar-refractivity contribution in [1.82, 2.24) is 14.5 Å². The second-order valence-corrected chi connectivity index (χ2v) is 10.9. The second kappa shape index (κ2) is 11.8. The minimum absolute atomic E-state index is 0.0802. The average Bonchev–Trinajstić information content (AvgIpc) is 3.36. The van der Waals surface area contributed by atoms with Gasteiger partial charge in [0.05, 0.1) is 11.0 Å². The maximum absolute atomic E-state index is 13.5. The van der Waals surface area contributed by atoms with E-state index in [0.717, 1.165) is 16.8 Å². The van der Waals surface area contributed by atoms with Crippen LogP contribution in [0.25, 0.3) is 22.4 Å². The number of halogens is 2. The third kappa shape index (κ3) is 6.03. The number of nitrogens with two attached hydrogens (primary N) is 1. The van der Waals surface area contributed by atoms with E-state index >= 15 is 0 Å². The molecule has 2 N–H and O–H groups in total. The number of amides is 2. The topological polar surface area (TPSA) is 93.7 Å². The summed E-state index contributed by atoms with van der Waals surface area (Å²) >= 11 is 6.27. The Kier molecular flexibility index (Phi) is 7.73. The Morgan fingerprint density at radius 3 is 2.40 bits per heavy atom. The van der Waals surface area contributed by atoms with Gasteiger partial charge in [0.1, 0.15) is 29.7 Å². The highest BCUT2D eigenvalue weighted by atomic mass is 35.5. The van der Waals surface area contributed by atoms with Crippen molar-refractivity contribution < 1.29 is 18.7 Å². The zero-order valence-electron chi connectivity index (χ0n) is 23.5. The Bertz CT molecular complexity index is 1830. The minimum atomic E-state index is -0.513. The monoisotopic (exact) mass is 597 g/mol. The summed E-state index contributed by atoms with van der Waals surface area (Å²) in [7, 11) is 0. The molecule has 1 aliphatic rings. The standard InChI is InChI=1S/C33H29ClFN5O3/c1-21-5-11-27(19-28(21)34)43-26-4-2-3-22(17-26)32-37-29-18-23(6-12-30(29)40(32)20-31(36)41)33(42)39-15-13-38(14-16-39)25-9-7-24(35)8-10-25/h2-12,17-19H,13-16,20H2,1H3,(H2,36,41). The normalized spacial score (nSPS) is 13.4. The van der Waals surface area contributed by atoms with Gasteiger partial charge in [0.15, 0.2) is 0 Å². The van der Waals surface area contributed by atoms with Crippen LogP contribution in [0.1, 0.15) is 15.9 Å². The van der Waals surface area contributed by atoms with Gasteiger partial charge in [-0.25, -0.2) is 9.37 Å². The number of aryl methyl sites for hydroxylation is 1. The number of rotatable bonds is 7. The van der Waals surface area contributed by atoms with Crippen molar-refractivity contribution in [2.45, 2.75) is 13.5 Å². The number of carbonyl (C=O) groups excluding carboxylic acids is 2. The lowest BCUT2D eigenvalue weighted by molar-refractivity contribution is -0.118. The summed E-state index contributed by atoms with van der Waals surface area (Å²) in [6.07, 6.45) is 0. The molecule has 1 aliphatic heterocycles. The van der Waals surface area contributed by atoms with Gasteiger partial charge < -0.3 is 24.8 Å². The number of anilines is 1. The van der Waals surface area contributed by atoms with Crippen molar-refractivity contribution in [1.29, 1.82) is 0 Å². The van der Waals surface area contributed by atoms with E-state index in [2.05, 4.69) is 4.90 Å². The first-order chi connectivity index (χ1) is 20.7. The molecule has 0 spiro atoms. The molecular weight excluding hydrogens is 569 g/mol. The number of aromatic nitrogens is 2. The van der Waals surface area contributed by atoms with Crippen molar-refractivity contribution >= 4 is 40.1 Å². The van der Waals surface area contributed by atoms with Crippen molar-refractivity contribution in [3.63, 3.8) is 0 Å². The molecule has 0 radical (unpaired) electrons. The van der Waals surface area contributed by atoms with Crippen molar-refractivity contribution in [3.8, 4) is 22.9 Å². The van der Waals surface area contributed by atoms with E-state index in [1.807, 2.05) is 43.3 Å². The average molecular weight is 598 g/mol. The minimum Gasteiger partial charge on any atom is -0.457 e. The quantitative estimate of drug-likeness (QED) is 0.247. The molecule has 0 saturated carbocycles. The van der Waals surface area contributed by atoms with Gasteiger partial charge in [-0.2, -0.15) is 0 Å². The first-order valence-electron chi connectivity index (χ1n) is 13.9. The molecule has 8 nitrogen and oxygen atoms in total. The summed E-state index contributed by atoms with van der Waals surface area (Å²) in [6.45, 7) is 4.20. The highest BCUT2D eigenvalue weighted by Gasteiger charge is 2.24. The van der Waals surface area contributed by atoms with E-state index < -0.39 is 5.91 Å². The number of hydrogen-bond acceptors (Lipinski definition) is 5. The molecule has 6 rings (SSSR count). The van der Waals surface area contributed by atoms with Crippen LogP contribution in [-0.4, -0.2) is 52.4 Å². The van der Waals surface area contributed by atoms with Gasteiger partial charge in [-0.3, -0.25) is 9.59 Å². The molecule has 1 saturated heterocycles. The molecule has 2 heterocycles. The summed E-state index contributed by atoms with van der Waals surface area (Å²) in [5.74, 6) is 0.813. The van der Waals surface area contributed by atoms with Crippen LogP contribution in [-0.2, 0) is 11.3 Å². The van der Waals surface area contributed by atoms with Crippen LogP contribution < -0.4 is 15.4 Å². The lowest BCUT2D eigenvalue weighted by Gasteiger charge is -2.36. The molecule has 1 fully saturated rings. The molecule has 218 valence electrons. The Hall–Kier alpha value is -4.89. The Morgan fingerprint density at radius 2 is 1.67 bits per heavy atom. The fourth-order valence-electron chi connectivity index (χ4n) is 5.27. The van der Waals surface area contributed by atoms with Crippen molar-refractivity contribution in [3.05, 3.63) is 107 Å². The number of benzene rings is 4. The summed E-state index contributed by atoms with van der Waals surface area (Å²) in [5, 5.41) is 0.608. The number of nitrogens with zero attached hydrogens (tertiary/aromatic N) is 4. The fraction of sp³-hybridized carbons (Fsp3) is 0.182. The van der Waals surface area contributed by atoms with Crippen molar-refractivity contribution in [2.75, 3.05) is 31.1 Å². The zero-order chi connectivity index (χ0) is 30.1. The molecule has 43 heavy (non-hydrogen) atoms. The first-order valence-corrected chi connectivity index (χ1v) is 14.3. The lowest BCUT2D eigenvalue weighted by atomic mass is 10.1. The summed E-state index contributed by atoms with van der Waals surface area (Å²) in [6, 6.07) is 24.5. The molecule has 0 bridgehead atoms. The highest BCUT2D eigenvalue weighted by Crippen LogP contribution is 2.31. The van der Waals surface area contributed by atoms with Gasteiger partial charge in [-0.15, -0.1) is 0 Å². The summed E-state index contributed by atoms with van der Waals surface area (Å²) < 4.78 is 21.1. The predicted octanol–water partition coefficient (Wildman–Crippen LogP) is 6.04. The van der Waals surface area contributed by atoms with Crippen molar-refractivity contribution in [2.24, 2.45) is 5.73 Å². The van der Waals surface area contributed by atoms with Crippen LogP contribution in [0, 0.1) is 12.7 Å². The van der Waals surface area contributed by atoms with Gasteiger partial charge in [0, 0.05) is 48.0 Å². The maximum atomic E-state index is 13.5. The van der Waals surface area contributed by atoms with Gasteiger partial charge in [0.25, 0.3) is 5.91 Å². The predicted molar refractivity (Wildman–Crippen MR) is 165 cm³/mol. The molecule has 10 heteroatoms. The van der Waals surface area contributed by atoms with Gasteiger partial charge in [-0.05, 0) is 79.2 Å². The van der Waals surface area contributed by atoms with Crippen LogP contribution >= 0.6 is 11.6 Å². The molecule has 2 amide bonds. The van der Waals surface area contributed by atoms with Gasteiger partial charge in [0.2, 0.25) is 5.91 Å². The van der Waals surface area contributed by atoms with E-state index in [4.69, 9.17) is 27.1 Å². The summed E-state index contributed by atoms with van der Waals surface area (Å²) in [4.78, 5) is 34.3. The zero-order valence-corrected chi connectivity index (χ0v) is 24.2. The first kappa shape index (κ1) is 28.2. The molecule has 0 unspecified atom stereocenters. The van der Waals surface area contributed by atoms with E-state index in [1.54, 1.807) is 45.9 Å². The largest absolute Gasteiger partial charge is 0.457 e. The molecule has 5 aromatic rings. The van der Waals surface area contributed by atoms with Crippen LogP contribution in [0.3, 0.4) is 0 Å². The second-order valence-electron chi connectivity index (χ2n) is 10.5. The molecule has 0 aliphatic carbocycles. The Balaban J connectivity index is 1.25. The summed E-state index contributed by atoms with van der Waals surface area (Å²) in [5.41, 5.74) is 9.97.